The quantitative estimate of drug-likeness (QED) is 0.292. The molecule has 2 amide bonds. The molecule has 0 aliphatic carbocycles. The summed E-state index contributed by atoms with van der Waals surface area (Å²) in [6.07, 6.45) is -2.91. The first-order valence-electron chi connectivity index (χ1n) is 8.04. The Bertz CT molecular complexity index is 940. The van der Waals surface area contributed by atoms with Crippen LogP contribution in [0.4, 0.5) is 29.5 Å². The van der Waals surface area contributed by atoms with E-state index < -0.39 is 22.7 Å². The van der Waals surface area contributed by atoms with Gasteiger partial charge in [0.2, 0.25) is 0 Å². The first-order chi connectivity index (χ1) is 14.1. The maximum atomic E-state index is 12.6. The van der Waals surface area contributed by atoms with Crippen molar-refractivity contribution in [2.45, 2.75) is 12.8 Å². The Morgan fingerprint density at radius 1 is 1.40 bits per heavy atom. The largest absolute Gasteiger partial charge is 0.419 e. The van der Waals surface area contributed by atoms with Crippen LogP contribution in [0.3, 0.4) is 0 Å². The summed E-state index contributed by atoms with van der Waals surface area (Å²) in [7, 11) is 1.35. The number of H-pyrrole nitrogens is 1. The van der Waals surface area contributed by atoms with Gasteiger partial charge in [-0.05, 0) is 23.8 Å². The van der Waals surface area contributed by atoms with E-state index in [0.29, 0.717) is 11.8 Å². The third-order valence-corrected chi connectivity index (χ3v) is 3.79. The Kier molecular flexibility index (Phi) is 7.36. The number of alkyl halides is 3. The monoisotopic (exact) mass is 447 g/mol. The molecule has 1 aromatic heterocycles. The number of rotatable bonds is 7. The zero-order valence-corrected chi connectivity index (χ0v) is 16.0. The van der Waals surface area contributed by atoms with Gasteiger partial charge in [-0.2, -0.15) is 23.6 Å². The van der Waals surface area contributed by atoms with E-state index >= 15 is 0 Å². The molecule has 160 valence electrons. The van der Waals surface area contributed by atoms with Gasteiger partial charge in [0.25, 0.3) is 5.69 Å². The van der Waals surface area contributed by atoms with Crippen molar-refractivity contribution in [3.05, 3.63) is 62.8 Å². The van der Waals surface area contributed by atoms with E-state index in [9.17, 15) is 28.1 Å². The van der Waals surface area contributed by atoms with Crippen LogP contribution in [-0.4, -0.2) is 24.3 Å². The zero-order chi connectivity index (χ0) is 22.3. The Morgan fingerprint density at radius 2 is 2.07 bits per heavy atom. The number of pyridine rings is 1. The third-order valence-electron chi connectivity index (χ3n) is 3.51. The molecule has 30 heavy (non-hydrogen) atoms. The molecule has 0 aliphatic rings. The van der Waals surface area contributed by atoms with E-state index in [1.54, 1.807) is 0 Å². The molecule has 0 radical (unpaired) electrons. The van der Waals surface area contributed by atoms with Crippen molar-refractivity contribution in [2.75, 3.05) is 12.1 Å². The lowest BCUT2D eigenvalue weighted by atomic mass is 10.2. The number of nitrogens with one attached hydrogen (secondary N) is 3. The molecular formula is C16H15ClF3N6O4+. The molecule has 0 saturated carbocycles. The van der Waals surface area contributed by atoms with Gasteiger partial charge in [-0.15, -0.1) is 0 Å². The Labute approximate surface area is 172 Å². The summed E-state index contributed by atoms with van der Waals surface area (Å²) in [6, 6.07) is 5.56. The predicted octanol–water partition coefficient (Wildman–Crippen LogP) is 2.89. The minimum atomic E-state index is -4.56. The molecule has 2 rings (SSSR count). The van der Waals surface area contributed by atoms with Crippen LogP contribution >= 0.6 is 11.6 Å². The summed E-state index contributed by atoms with van der Waals surface area (Å²) in [5.74, 6) is 0.0196. The van der Waals surface area contributed by atoms with Gasteiger partial charge in [0.05, 0.1) is 10.5 Å². The number of nitro groups is 1. The average molecular weight is 448 g/mol. The molecule has 0 bridgehead atoms. The van der Waals surface area contributed by atoms with Crippen molar-refractivity contribution < 1.29 is 32.7 Å². The number of anilines is 1. The second kappa shape index (κ2) is 9.73. The van der Waals surface area contributed by atoms with E-state index in [2.05, 4.69) is 20.9 Å². The van der Waals surface area contributed by atoms with Crippen molar-refractivity contribution in [2.24, 2.45) is 5.16 Å². The molecule has 0 aliphatic heterocycles. The van der Waals surface area contributed by atoms with Crippen molar-refractivity contribution in [3.8, 4) is 0 Å². The number of nitrogens with zero attached hydrogens (tertiary/aromatic N) is 3. The molecule has 0 spiro atoms. The lowest BCUT2D eigenvalue weighted by molar-refractivity contribution is -0.384. The zero-order valence-electron chi connectivity index (χ0n) is 15.2. The highest BCUT2D eigenvalue weighted by molar-refractivity contribution is 6.32. The lowest BCUT2D eigenvalue weighted by Gasteiger charge is -2.13. The number of hydrogen-bond acceptors (Lipinski definition) is 6. The van der Waals surface area contributed by atoms with Gasteiger partial charge in [-0.1, -0.05) is 16.8 Å². The van der Waals surface area contributed by atoms with Crippen LogP contribution < -0.4 is 20.7 Å². The van der Waals surface area contributed by atoms with Crippen molar-refractivity contribution >= 4 is 35.5 Å². The fraction of sp³-hybridized carbons (Fsp3) is 0.188. The van der Waals surface area contributed by atoms with Crippen LogP contribution in [0.5, 0.6) is 0 Å². The molecule has 0 unspecified atom stereocenters. The maximum absolute atomic E-state index is 12.6. The Hall–Kier alpha value is -3.61. The van der Waals surface area contributed by atoms with Crippen LogP contribution in [0.25, 0.3) is 0 Å². The molecule has 1 aromatic carbocycles. The van der Waals surface area contributed by atoms with E-state index in [4.69, 9.17) is 16.4 Å². The van der Waals surface area contributed by atoms with Crippen LogP contribution in [0.2, 0.25) is 5.02 Å². The highest BCUT2D eigenvalue weighted by atomic mass is 35.5. The first kappa shape index (κ1) is 22.7. The number of non-ortho nitro benzene ring substituents is 1. The highest BCUT2D eigenvalue weighted by Crippen LogP contribution is 2.31. The Morgan fingerprint density at radius 3 is 2.63 bits per heavy atom. The Balaban J connectivity index is 1.80. The van der Waals surface area contributed by atoms with Crippen molar-refractivity contribution in [1.29, 1.82) is 0 Å². The molecule has 2 aromatic rings. The third kappa shape index (κ3) is 6.48. The SMILES string of the molecule is CN(NC(=O)N/C=N/OCc1ccc([N+](=O)[O-])cc1)c1[nH+]cc(C(F)(F)F)cc1Cl. The van der Waals surface area contributed by atoms with E-state index in [-0.39, 0.29) is 23.1 Å². The second-order valence-corrected chi connectivity index (χ2v) is 6.07. The van der Waals surface area contributed by atoms with Gasteiger partial charge >= 0.3 is 18.0 Å². The standard InChI is InChI=1S/C16H14ClF3N6O4/c1-25(14-13(17)6-11(7-21-14)16(18,19)20)24-15(27)22-9-23-30-8-10-2-4-12(5-3-10)26(28)29/h2-7,9H,8H2,1H3,(H2,22,23,24,27)/p+1. The number of oxime groups is 1. The number of carbonyl (C=O) groups is 1. The van der Waals surface area contributed by atoms with Crippen LogP contribution in [0.15, 0.2) is 41.7 Å². The summed E-state index contributed by atoms with van der Waals surface area (Å²) >= 11 is 5.82. The molecule has 3 N–H and O–H groups in total. The summed E-state index contributed by atoms with van der Waals surface area (Å²) in [5, 5.41) is 17.1. The van der Waals surface area contributed by atoms with E-state index in [0.717, 1.165) is 17.4 Å². The number of hydrogen-bond donors (Lipinski definition) is 2. The van der Waals surface area contributed by atoms with Crippen LogP contribution in [0.1, 0.15) is 11.1 Å². The number of halogens is 4. The number of urea groups is 1. The van der Waals surface area contributed by atoms with Gasteiger partial charge in [-0.25, -0.2) is 9.78 Å². The molecule has 1 heterocycles. The topological polar surface area (TPSA) is 123 Å². The average Bonchev–Trinajstić information content (AvgIpc) is 2.67. The van der Waals surface area contributed by atoms with Gasteiger partial charge in [0, 0.05) is 12.1 Å². The number of carbonyl (C=O) groups excluding carboxylic acids is 1. The number of amides is 2. The van der Waals surface area contributed by atoms with Crippen LogP contribution in [0, 0.1) is 10.1 Å². The minimum absolute atomic E-state index is 0.00776. The number of nitro benzene ring substituents is 1. The summed E-state index contributed by atoms with van der Waals surface area (Å²) in [6.45, 7) is 0.00776. The van der Waals surface area contributed by atoms with Gasteiger partial charge in [0.15, 0.2) is 0 Å². The second-order valence-electron chi connectivity index (χ2n) is 5.66. The van der Waals surface area contributed by atoms with Crippen molar-refractivity contribution in [1.82, 2.24) is 10.7 Å². The molecule has 0 fully saturated rings. The molecule has 14 heteroatoms. The summed E-state index contributed by atoms with van der Waals surface area (Å²) in [4.78, 5) is 29.1. The molecule has 0 atom stereocenters. The van der Waals surface area contributed by atoms with Gasteiger partial charge in [0.1, 0.15) is 31.2 Å². The normalized spacial score (nSPS) is 11.2. The number of aromatic nitrogens is 1. The fourth-order valence-corrected chi connectivity index (χ4v) is 2.37. The molecular weight excluding hydrogens is 433 g/mol. The fourth-order valence-electron chi connectivity index (χ4n) is 2.07. The van der Waals surface area contributed by atoms with Gasteiger partial charge in [-0.3, -0.25) is 15.4 Å². The molecule has 10 nitrogen and oxygen atoms in total. The van der Waals surface area contributed by atoms with Gasteiger partial charge < -0.3 is 4.84 Å². The number of hydrazine groups is 1. The minimum Gasteiger partial charge on any atom is -0.390 e. The molecule has 0 saturated heterocycles. The first-order valence-corrected chi connectivity index (χ1v) is 8.42. The lowest BCUT2D eigenvalue weighted by Crippen LogP contribution is -2.47. The predicted molar refractivity (Wildman–Crippen MR) is 99.5 cm³/mol. The smallest absolute Gasteiger partial charge is 0.390 e. The summed E-state index contributed by atoms with van der Waals surface area (Å²) in [5.41, 5.74) is 1.89. The maximum Gasteiger partial charge on any atom is 0.419 e. The van der Waals surface area contributed by atoms with E-state index in [1.807, 2.05) is 0 Å². The number of aromatic amines is 1. The van der Waals surface area contributed by atoms with Crippen molar-refractivity contribution in [3.63, 3.8) is 0 Å². The number of benzene rings is 1. The summed E-state index contributed by atoms with van der Waals surface area (Å²) < 4.78 is 37.9. The van der Waals surface area contributed by atoms with E-state index in [1.165, 1.54) is 31.3 Å². The highest BCUT2D eigenvalue weighted by Gasteiger charge is 2.33. The van der Waals surface area contributed by atoms with Crippen LogP contribution in [-0.2, 0) is 17.6 Å².